The zero-order valence-corrected chi connectivity index (χ0v) is 13.6. The molecule has 7 nitrogen and oxygen atoms in total. The Kier molecular flexibility index (Phi) is 5.59. The molecule has 2 heterocycles. The second-order valence-electron chi connectivity index (χ2n) is 5.63. The van der Waals surface area contributed by atoms with E-state index in [1.165, 1.54) is 11.4 Å². The first-order chi connectivity index (χ1) is 10.0. The predicted molar refractivity (Wildman–Crippen MR) is 78.9 cm³/mol. The van der Waals surface area contributed by atoms with Gasteiger partial charge in [0.15, 0.2) is 0 Å². The molecule has 0 unspecified atom stereocenters. The molecular weight excluding hydrogens is 294 g/mol. The van der Waals surface area contributed by atoms with Gasteiger partial charge in [-0.3, -0.25) is 4.79 Å². The molecule has 0 radical (unpaired) electrons. The highest BCUT2D eigenvalue weighted by Crippen LogP contribution is 2.24. The number of nitrogens with one attached hydrogen (secondary N) is 1. The highest BCUT2D eigenvalue weighted by Gasteiger charge is 2.39. The molecule has 2 aliphatic rings. The summed E-state index contributed by atoms with van der Waals surface area (Å²) < 4.78 is 33.4. The first-order valence-electron chi connectivity index (χ1n) is 7.56. The molecule has 0 bridgehead atoms. The number of rotatable bonds is 6. The minimum atomic E-state index is -3.43. The molecule has 8 heteroatoms. The molecule has 0 atom stereocenters. The molecular formula is C13H25N3O4S. The Morgan fingerprint density at radius 3 is 2.38 bits per heavy atom. The van der Waals surface area contributed by atoms with Gasteiger partial charge in [-0.2, -0.15) is 17.0 Å². The van der Waals surface area contributed by atoms with Crippen LogP contribution in [0.4, 0.5) is 0 Å². The number of piperidine rings is 1. The summed E-state index contributed by atoms with van der Waals surface area (Å²) in [6.45, 7) is 4.75. The standard InChI is InChI=1S/C13H25N3O4S/c1-3-6-16(12-9-14-10-12)21(18,19)15-7-4-11(5-8-15)13(17)20-2/h11-12,14H,3-10H2,1-2H3. The van der Waals surface area contributed by atoms with Gasteiger partial charge < -0.3 is 10.1 Å². The van der Waals surface area contributed by atoms with Crippen LogP contribution >= 0.6 is 0 Å². The van der Waals surface area contributed by atoms with Crippen molar-refractivity contribution < 1.29 is 17.9 Å². The molecule has 0 aromatic carbocycles. The van der Waals surface area contributed by atoms with E-state index in [0.717, 1.165) is 19.5 Å². The van der Waals surface area contributed by atoms with Crippen molar-refractivity contribution in [1.29, 1.82) is 0 Å². The van der Waals surface area contributed by atoms with Crippen molar-refractivity contribution in [3.63, 3.8) is 0 Å². The van der Waals surface area contributed by atoms with Crippen LogP contribution in [0.2, 0.25) is 0 Å². The van der Waals surface area contributed by atoms with E-state index < -0.39 is 10.2 Å². The predicted octanol–water partition coefficient (Wildman–Crippen LogP) is -0.200. The zero-order chi connectivity index (χ0) is 15.5. The van der Waals surface area contributed by atoms with E-state index in [0.29, 0.717) is 32.5 Å². The smallest absolute Gasteiger partial charge is 0.308 e. The summed E-state index contributed by atoms with van der Waals surface area (Å²) >= 11 is 0. The molecule has 2 rings (SSSR count). The Hall–Kier alpha value is -0.700. The lowest BCUT2D eigenvalue weighted by Crippen LogP contribution is -2.62. The topological polar surface area (TPSA) is 79.0 Å². The number of esters is 1. The highest BCUT2D eigenvalue weighted by molar-refractivity contribution is 7.86. The quantitative estimate of drug-likeness (QED) is 0.686. The highest BCUT2D eigenvalue weighted by atomic mass is 32.2. The van der Waals surface area contributed by atoms with Crippen molar-refractivity contribution in [3.05, 3.63) is 0 Å². The van der Waals surface area contributed by atoms with Crippen LogP contribution in [-0.2, 0) is 19.7 Å². The van der Waals surface area contributed by atoms with E-state index in [9.17, 15) is 13.2 Å². The van der Waals surface area contributed by atoms with Gasteiger partial charge in [0.1, 0.15) is 0 Å². The molecule has 2 aliphatic heterocycles. The third kappa shape index (κ3) is 3.56. The maximum absolute atomic E-state index is 12.8. The molecule has 0 aromatic heterocycles. The SMILES string of the molecule is CCCN(C1CNC1)S(=O)(=O)N1CCC(C(=O)OC)CC1. The summed E-state index contributed by atoms with van der Waals surface area (Å²) in [7, 11) is -2.05. The molecule has 122 valence electrons. The number of carbonyl (C=O) groups excluding carboxylic acids is 1. The van der Waals surface area contributed by atoms with Crippen molar-refractivity contribution in [2.75, 3.05) is 39.8 Å². The molecule has 0 amide bonds. The van der Waals surface area contributed by atoms with E-state index in [-0.39, 0.29) is 17.9 Å². The summed E-state index contributed by atoms with van der Waals surface area (Å²) in [5.41, 5.74) is 0. The van der Waals surface area contributed by atoms with Crippen LogP contribution < -0.4 is 5.32 Å². The van der Waals surface area contributed by atoms with Crippen molar-refractivity contribution in [2.45, 2.75) is 32.2 Å². The van der Waals surface area contributed by atoms with Gasteiger partial charge in [-0.05, 0) is 19.3 Å². The van der Waals surface area contributed by atoms with E-state index in [2.05, 4.69) is 5.32 Å². The summed E-state index contributed by atoms with van der Waals surface area (Å²) in [4.78, 5) is 11.5. The normalized spacial score (nSPS) is 22.2. The number of carbonyl (C=O) groups is 1. The monoisotopic (exact) mass is 319 g/mol. The fraction of sp³-hybridized carbons (Fsp3) is 0.923. The van der Waals surface area contributed by atoms with Gasteiger partial charge in [-0.1, -0.05) is 6.92 Å². The molecule has 0 saturated carbocycles. The van der Waals surface area contributed by atoms with Crippen LogP contribution in [0, 0.1) is 5.92 Å². The third-order valence-corrected chi connectivity index (χ3v) is 6.31. The fourth-order valence-electron chi connectivity index (χ4n) is 2.82. The molecule has 21 heavy (non-hydrogen) atoms. The van der Waals surface area contributed by atoms with Gasteiger partial charge in [-0.15, -0.1) is 0 Å². The van der Waals surface area contributed by atoms with E-state index in [1.54, 1.807) is 4.31 Å². The third-order valence-electron chi connectivity index (χ3n) is 4.22. The van der Waals surface area contributed by atoms with Crippen LogP contribution in [-0.4, -0.2) is 68.9 Å². The van der Waals surface area contributed by atoms with E-state index in [1.807, 2.05) is 6.92 Å². The van der Waals surface area contributed by atoms with Crippen LogP contribution in [0.3, 0.4) is 0 Å². The van der Waals surface area contributed by atoms with E-state index >= 15 is 0 Å². The largest absolute Gasteiger partial charge is 0.469 e. The second-order valence-corrected chi connectivity index (χ2v) is 7.51. The Morgan fingerprint density at radius 2 is 1.95 bits per heavy atom. The van der Waals surface area contributed by atoms with Gasteiger partial charge >= 0.3 is 5.97 Å². The summed E-state index contributed by atoms with van der Waals surface area (Å²) in [5, 5.41) is 3.12. The lowest BCUT2D eigenvalue weighted by atomic mass is 9.99. The Balaban J connectivity index is 2.00. The van der Waals surface area contributed by atoms with E-state index in [4.69, 9.17) is 4.74 Å². The first-order valence-corrected chi connectivity index (χ1v) is 8.95. The first kappa shape index (κ1) is 16.7. The minimum Gasteiger partial charge on any atom is -0.469 e. The van der Waals surface area contributed by atoms with Crippen LogP contribution in [0.1, 0.15) is 26.2 Å². The summed E-state index contributed by atoms with van der Waals surface area (Å²) in [6, 6.07) is 0.0632. The Morgan fingerprint density at radius 1 is 1.33 bits per heavy atom. The number of hydrogen-bond acceptors (Lipinski definition) is 5. The van der Waals surface area contributed by atoms with Gasteiger partial charge in [-0.25, -0.2) is 0 Å². The maximum atomic E-state index is 12.8. The van der Waals surface area contributed by atoms with Crippen molar-refractivity contribution in [3.8, 4) is 0 Å². The van der Waals surface area contributed by atoms with Crippen molar-refractivity contribution in [2.24, 2.45) is 5.92 Å². The van der Waals surface area contributed by atoms with Crippen LogP contribution in [0.15, 0.2) is 0 Å². The maximum Gasteiger partial charge on any atom is 0.308 e. The average molecular weight is 319 g/mol. The van der Waals surface area contributed by atoms with Gasteiger partial charge in [0.2, 0.25) is 0 Å². The van der Waals surface area contributed by atoms with Crippen LogP contribution in [0.5, 0.6) is 0 Å². The number of nitrogens with zero attached hydrogens (tertiary/aromatic N) is 2. The molecule has 2 saturated heterocycles. The summed E-state index contributed by atoms with van der Waals surface area (Å²) in [6.07, 6.45) is 1.87. The van der Waals surface area contributed by atoms with Gasteiger partial charge in [0.05, 0.1) is 19.1 Å². The minimum absolute atomic E-state index is 0.0632. The Bertz CT molecular complexity index is 456. The average Bonchev–Trinajstić information content (AvgIpc) is 2.44. The second kappa shape index (κ2) is 7.04. The van der Waals surface area contributed by atoms with Crippen molar-refractivity contribution in [1.82, 2.24) is 13.9 Å². The lowest BCUT2D eigenvalue weighted by Gasteiger charge is -2.41. The molecule has 1 N–H and O–H groups in total. The van der Waals surface area contributed by atoms with Crippen molar-refractivity contribution >= 4 is 16.2 Å². The zero-order valence-electron chi connectivity index (χ0n) is 12.7. The molecule has 0 aromatic rings. The fourth-order valence-corrected chi connectivity index (χ4v) is 4.73. The Labute approximate surface area is 126 Å². The molecule has 0 aliphatic carbocycles. The number of ether oxygens (including phenoxy) is 1. The van der Waals surface area contributed by atoms with Gasteiger partial charge in [0.25, 0.3) is 10.2 Å². The summed E-state index contributed by atoms with van der Waals surface area (Å²) in [5.74, 6) is -0.410. The molecule has 0 spiro atoms. The number of hydrogen-bond donors (Lipinski definition) is 1. The number of methoxy groups -OCH3 is 1. The van der Waals surface area contributed by atoms with Crippen LogP contribution in [0.25, 0.3) is 0 Å². The molecule has 2 fully saturated rings. The van der Waals surface area contributed by atoms with Gasteiger partial charge in [0, 0.05) is 32.7 Å². The lowest BCUT2D eigenvalue weighted by molar-refractivity contribution is -0.146.